The summed E-state index contributed by atoms with van der Waals surface area (Å²) in [5, 5.41) is 21.7. The van der Waals surface area contributed by atoms with Crippen molar-refractivity contribution in [1.29, 1.82) is 0 Å². The number of carbonyl (C=O) groups is 2. The molecule has 0 heterocycles. The molecule has 6 nitrogen and oxygen atoms in total. The summed E-state index contributed by atoms with van der Waals surface area (Å²) in [6, 6.07) is 5.20. The van der Waals surface area contributed by atoms with E-state index in [0.717, 1.165) is 37.6 Å². The molecule has 0 aromatic heterocycles. The number of benzene rings is 1. The van der Waals surface area contributed by atoms with Crippen LogP contribution < -0.4 is 4.90 Å². The van der Waals surface area contributed by atoms with Gasteiger partial charge in [0.05, 0.1) is 11.1 Å². The van der Waals surface area contributed by atoms with E-state index in [9.17, 15) is 19.8 Å². The number of allylic oxidation sites excluding steroid dienone is 6. The van der Waals surface area contributed by atoms with E-state index in [4.69, 9.17) is 0 Å². The molecule has 0 unspecified atom stereocenters. The van der Waals surface area contributed by atoms with E-state index in [1.807, 2.05) is 12.1 Å². The third-order valence-electron chi connectivity index (χ3n) is 6.49. The van der Waals surface area contributed by atoms with Gasteiger partial charge in [-0.05, 0) is 48.0 Å². The number of phenolic OH excluding ortho intramolecular Hbond substituents is 1. The summed E-state index contributed by atoms with van der Waals surface area (Å²) in [5.41, 5.74) is 2.21. The van der Waals surface area contributed by atoms with Gasteiger partial charge in [0.25, 0.3) is 0 Å². The van der Waals surface area contributed by atoms with Gasteiger partial charge in [0.15, 0.2) is 5.78 Å². The maximum absolute atomic E-state index is 13.2. The number of nitrogens with zero attached hydrogens (tertiary/aromatic N) is 2. The van der Waals surface area contributed by atoms with Crippen LogP contribution in [0.25, 0.3) is 5.57 Å². The number of rotatable bonds is 11. The van der Waals surface area contributed by atoms with Crippen LogP contribution in [0, 0.1) is 23.7 Å². The van der Waals surface area contributed by atoms with Crippen LogP contribution >= 0.6 is 0 Å². The minimum Gasteiger partial charge on any atom is -0.507 e. The van der Waals surface area contributed by atoms with Crippen LogP contribution in [0.5, 0.6) is 5.75 Å². The number of ketones is 2. The highest BCUT2D eigenvalue weighted by Gasteiger charge is 2.39. The fourth-order valence-electron chi connectivity index (χ4n) is 5.08. The Morgan fingerprint density at radius 2 is 1.24 bits per heavy atom. The maximum Gasteiger partial charge on any atom is 0.202 e. The van der Waals surface area contributed by atoms with Crippen molar-refractivity contribution >= 4 is 22.8 Å². The molecule has 1 aromatic rings. The largest absolute Gasteiger partial charge is 0.507 e. The SMILES string of the molecule is CC(C)CN(CC(C)C)C1=CC(=O)/C(=C2/C(=O)C(c3ccc(N(CC(C)C)CC(C)C)cc3O)=C2O)C=C1. The van der Waals surface area contributed by atoms with Gasteiger partial charge in [-0.3, -0.25) is 9.59 Å². The standard InChI is InChI=1S/C32H44N2O4/c1-19(2)15-33(16-20(3)4)23-9-11-25(27(35)13-23)29-31(37)30(32(29)38)26-12-10-24(14-28(26)36)34(17-21(5)6)18-22(7)8/h9-14,19-22,35,37H,15-18H2,1-8H3/b30-26+. The highest BCUT2D eigenvalue weighted by molar-refractivity contribution is 6.41. The van der Waals surface area contributed by atoms with Gasteiger partial charge in [0, 0.05) is 60.8 Å². The molecule has 2 N–H and O–H groups in total. The average Bonchev–Trinajstić information content (AvgIpc) is 2.79. The molecule has 0 radical (unpaired) electrons. The second-order valence-electron chi connectivity index (χ2n) is 12.2. The van der Waals surface area contributed by atoms with Crippen LogP contribution in [0.1, 0.15) is 61.0 Å². The Morgan fingerprint density at radius 3 is 1.68 bits per heavy atom. The van der Waals surface area contributed by atoms with Gasteiger partial charge in [-0.1, -0.05) is 55.4 Å². The van der Waals surface area contributed by atoms with Gasteiger partial charge in [-0.15, -0.1) is 0 Å². The van der Waals surface area contributed by atoms with E-state index in [2.05, 4.69) is 65.2 Å². The predicted molar refractivity (Wildman–Crippen MR) is 155 cm³/mol. The van der Waals surface area contributed by atoms with E-state index in [1.165, 1.54) is 0 Å². The zero-order chi connectivity index (χ0) is 28.3. The molecule has 0 bridgehead atoms. The fourth-order valence-corrected chi connectivity index (χ4v) is 5.08. The molecule has 1 aromatic carbocycles. The first-order chi connectivity index (χ1) is 17.8. The Morgan fingerprint density at radius 1 is 0.711 bits per heavy atom. The number of anilines is 1. The molecule has 0 aliphatic heterocycles. The van der Waals surface area contributed by atoms with Crippen LogP contribution in [0.15, 0.2) is 59.0 Å². The Hall–Kier alpha value is -3.28. The van der Waals surface area contributed by atoms with Crippen LogP contribution in [0.3, 0.4) is 0 Å². The summed E-state index contributed by atoms with van der Waals surface area (Å²) in [7, 11) is 0. The first kappa shape index (κ1) is 29.3. The third kappa shape index (κ3) is 6.58. The molecule has 0 amide bonds. The zero-order valence-corrected chi connectivity index (χ0v) is 24.2. The minimum absolute atomic E-state index is 0.0144. The molecule has 0 spiro atoms. The van der Waals surface area contributed by atoms with E-state index in [0.29, 0.717) is 23.7 Å². The van der Waals surface area contributed by atoms with Crippen LogP contribution in [0.4, 0.5) is 5.69 Å². The van der Waals surface area contributed by atoms with Crippen molar-refractivity contribution < 1.29 is 19.8 Å². The summed E-state index contributed by atoms with van der Waals surface area (Å²) in [5.74, 6) is 0.718. The topological polar surface area (TPSA) is 81.1 Å². The molecular weight excluding hydrogens is 476 g/mol. The number of carbonyl (C=O) groups excluding carboxylic acids is 2. The molecule has 38 heavy (non-hydrogen) atoms. The highest BCUT2D eigenvalue weighted by atomic mass is 16.3. The molecule has 6 heteroatoms. The third-order valence-corrected chi connectivity index (χ3v) is 6.49. The molecule has 3 rings (SSSR count). The second-order valence-corrected chi connectivity index (χ2v) is 12.2. The maximum atomic E-state index is 13.2. The lowest BCUT2D eigenvalue weighted by atomic mass is 9.79. The normalized spacial score (nSPS) is 17.7. The number of phenols is 1. The van der Waals surface area contributed by atoms with E-state index in [1.54, 1.807) is 24.3 Å². The zero-order valence-electron chi connectivity index (χ0n) is 24.2. The van der Waals surface area contributed by atoms with Gasteiger partial charge in [0.1, 0.15) is 11.5 Å². The van der Waals surface area contributed by atoms with Crippen molar-refractivity contribution in [3.05, 3.63) is 64.6 Å². The monoisotopic (exact) mass is 520 g/mol. The van der Waals surface area contributed by atoms with Crippen LogP contribution in [-0.2, 0) is 9.59 Å². The van der Waals surface area contributed by atoms with Crippen molar-refractivity contribution in [3.8, 4) is 5.75 Å². The highest BCUT2D eigenvalue weighted by Crippen LogP contribution is 2.43. The van der Waals surface area contributed by atoms with E-state index < -0.39 is 5.78 Å². The Balaban J connectivity index is 1.90. The number of hydrogen-bond acceptors (Lipinski definition) is 6. The lowest BCUT2D eigenvalue weighted by molar-refractivity contribution is -0.114. The van der Waals surface area contributed by atoms with E-state index in [-0.39, 0.29) is 39.6 Å². The Kier molecular flexibility index (Phi) is 9.29. The lowest BCUT2D eigenvalue weighted by Gasteiger charge is -2.31. The van der Waals surface area contributed by atoms with Gasteiger partial charge >= 0.3 is 0 Å². The summed E-state index contributed by atoms with van der Waals surface area (Å²) in [4.78, 5) is 30.6. The number of aliphatic hydroxyl groups is 1. The number of Topliss-reactive ketones (excluding diaryl/α,β-unsaturated/α-hetero) is 1. The summed E-state index contributed by atoms with van der Waals surface area (Å²) in [6.45, 7) is 20.5. The molecule has 2 aliphatic carbocycles. The quantitative estimate of drug-likeness (QED) is 0.334. The number of aliphatic hydroxyl groups excluding tert-OH is 1. The Bertz CT molecular complexity index is 1180. The number of hydrogen-bond donors (Lipinski definition) is 2. The Labute approximate surface area is 228 Å². The molecule has 0 saturated heterocycles. The molecule has 0 saturated carbocycles. The van der Waals surface area contributed by atoms with E-state index >= 15 is 0 Å². The minimum atomic E-state index is -0.433. The van der Waals surface area contributed by atoms with Crippen LogP contribution in [-0.4, -0.2) is 52.9 Å². The predicted octanol–water partition coefficient (Wildman–Crippen LogP) is 6.30. The molecule has 2 aliphatic rings. The van der Waals surface area contributed by atoms with Crippen molar-refractivity contribution in [2.24, 2.45) is 23.7 Å². The van der Waals surface area contributed by atoms with Crippen LogP contribution in [0.2, 0.25) is 0 Å². The second kappa shape index (κ2) is 12.1. The fraction of sp³-hybridized carbons (Fsp3) is 0.500. The summed E-state index contributed by atoms with van der Waals surface area (Å²) < 4.78 is 0. The van der Waals surface area contributed by atoms with Gasteiger partial charge in [0.2, 0.25) is 5.78 Å². The van der Waals surface area contributed by atoms with Crippen molar-refractivity contribution in [3.63, 3.8) is 0 Å². The summed E-state index contributed by atoms with van der Waals surface area (Å²) in [6.07, 6.45) is 5.03. The molecule has 206 valence electrons. The number of aromatic hydroxyl groups is 1. The molecule has 0 atom stereocenters. The van der Waals surface area contributed by atoms with Crippen molar-refractivity contribution in [1.82, 2.24) is 4.90 Å². The molecular formula is C32H44N2O4. The lowest BCUT2D eigenvalue weighted by Crippen LogP contribution is -2.32. The van der Waals surface area contributed by atoms with Crippen molar-refractivity contribution in [2.75, 3.05) is 31.1 Å². The average molecular weight is 521 g/mol. The summed E-state index contributed by atoms with van der Waals surface area (Å²) >= 11 is 0. The van der Waals surface area contributed by atoms with Gasteiger partial charge in [-0.25, -0.2) is 0 Å². The first-order valence-electron chi connectivity index (χ1n) is 13.8. The smallest absolute Gasteiger partial charge is 0.202 e. The van der Waals surface area contributed by atoms with Gasteiger partial charge in [-0.2, -0.15) is 0 Å². The van der Waals surface area contributed by atoms with Gasteiger partial charge < -0.3 is 20.0 Å². The molecule has 0 fully saturated rings. The van der Waals surface area contributed by atoms with Crippen molar-refractivity contribution in [2.45, 2.75) is 55.4 Å². The first-order valence-corrected chi connectivity index (χ1v) is 13.8.